The second kappa shape index (κ2) is 11.1. The molecule has 0 aliphatic rings. The van der Waals surface area contributed by atoms with E-state index in [1.54, 1.807) is 7.11 Å². The van der Waals surface area contributed by atoms with E-state index in [9.17, 15) is 5.11 Å². The zero-order chi connectivity index (χ0) is 17.9. The van der Waals surface area contributed by atoms with Crippen LogP contribution in [0.1, 0.15) is 52.0 Å². The predicted molar refractivity (Wildman–Crippen MR) is 100 cm³/mol. The first-order chi connectivity index (χ1) is 11.4. The molecule has 0 bridgehead atoms. The molecule has 0 aliphatic carbocycles. The third kappa shape index (κ3) is 8.32. The number of aliphatic hydroxyl groups is 1. The summed E-state index contributed by atoms with van der Waals surface area (Å²) in [6, 6.07) is 7.78. The van der Waals surface area contributed by atoms with Crippen molar-refractivity contribution in [1.82, 2.24) is 0 Å². The molecule has 0 heterocycles. The first-order valence-electron chi connectivity index (χ1n) is 8.65. The van der Waals surface area contributed by atoms with Gasteiger partial charge in [-0.05, 0) is 64.2 Å². The summed E-state index contributed by atoms with van der Waals surface area (Å²) in [6.07, 6.45) is 5.30. The van der Waals surface area contributed by atoms with Gasteiger partial charge in [-0.3, -0.25) is 0 Å². The predicted octanol–water partition coefficient (Wildman–Crippen LogP) is 5.04. The van der Waals surface area contributed by atoms with Gasteiger partial charge in [-0.2, -0.15) is 0 Å². The molecule has 24 heavy (non-hydrogen) atoms. The summed E-state index contributed by atoms with van der Waals surface area (Å²) in [5, 5.41) is 10.2. The van der Waals surface area contributed by atoms with Crippen molar-refractivity contribution in [3.05, 3.63) is 53.6 Å². The van der Waals surface area contributed by atoms with Crippen LogP contribution in [0, 0.1) is 0 Å². The first kappa shape index (κ1) is 20.5. The highest BCUT2D eigenvalue weighted by molar-refractivity contribution is 5.26. The van der Waals surface area contributed by atoms with E-state index in [1.807, 2.05) is 31.2 Å². The van der Waals surface area contributed by atoms with Gasteiger partial charge >= 0.3 is 0 Å². The maximum absolute atomic E-state index is 10.2. The van der Waals surface area contributed by atoms with E-state index in [-0.39, 0.29) is 6.10 Å². The second-order valence-electron chi connectivity index (χ2n) is 6.53. The van der Waals surface area contributed by atoms with E-state index in [1.165, 1.54) is 11.1 Å². The molecular weight excluding hydrogens is 300 g/mol. The van der Waals surface area contributed by atoms with Crippen molar-refractivity contribution in [1.29, 1.82) is 0 Å². The summed E-state index contributed by atoms with van der Waals surface area (Å²) < 4.78 is 10.9. The smallest absolute Gasteiger partial charge is 0.118 e. The van der Waals surface area contributed by atoms with Crippen LogP contribution >= 0.6 is 0 Å². The van der Waals surface area contributed by atoms with Crippen LogP contribution in [0.2, 0.25) is 0 Å². The van der Waals surface area contributed by atoms with E-state index in [4.69, 9.17) is 9.47 Å². The summed E-state index contributed by atoms with van der Waals surface area (Å²) in [7, 11) is 1.65. The van der Waals surface area contributed by atoms with Crippen LogP contribution in [0.4, 0.5) is 0 Å². The fraction of sp³-hybridized carbons (Fsp3) is 0.524. The number of rotatable bonds is 11. The highest BCUT2D eigenvalue weighted by atomic mass is 16.5. The number of methoxy groups -OCH3 is 1. The summed E-state index contributed by atoms with van der Waals surface area (Å²) in [4.78, 5) is 0. The molecule has 1 aromatic carbocycles. The minimum atomic E-state index is -0.487. The maximum Gasteiger partial charge on any atom is 0.118 e. The highest BCUT2D eigenvalue weighted by Crippen LogP contribution is 2.15. The van der Waals surface area contributed by atoms with E-state index >= 15 is 0 Å². The van der Waals surface area contributed by atoms with Gasteiger partial charge in [0.2, 0.25) is 0 Å². The minimum Gasteiger partial charge on any atom is -0.497 e. The normalized spacial score (nSPS) is 14.3. The molecule has 0 fully saturated rings. The molecule has 0 aliphatic heterocycles. The molecular formula is C21H32O3. The molecule has 2 atom stereocenters. The zero-order valence-corrected chi connectivity index (χ0v) is 15.5. The Hall–Kier alpha value is -1.58. The Morgan fingerprint density at radius 3 is 2.46 bits per heavy atom. The number of aliphatic hydroxyl groups excluding tert-OH is 1. The van der Waals surface area contributed by atoms with Gasteiger partial charge in [0.1, 0.15) is 5.75 Å². The molecule has 1 aromatic rings. The van der Waals surface area contributed by atoms with Gasteiger partial charge in [0.05, 0.1) is 25.9 Å². The van der Waals surface area contributed by atoms with Crippen LogP contribution in [-0.2, 0) is 11.3 Å². The van der Waals surface area contributed by atoms with Crippen LogP contribution in [-0.4, -0.2) is 24.4 Å². The van der Waals surface area contributed by atoms with E-state index in [2.05, 4.69) is 26.5 Å². The molecule has 0 spiro atoms. The molecule has 134 valence electrons. The Balaban J connectivity index is 2.32. The fourth-order valence-electron chi connectivity index (χ4n) is 2.35. The molecule has 0 radical (unpaired) electrons. The van der Waals surface area contributed by atoms with Crippen molar-refractivity contribution in [2.75, 3.05) is 7.11 Å². The lowest BCUT2D eigenvalue weighted by Crippen LogP contribution is -2.25. The summed E-state index contributed by atoms with van der Waals surface area (Å²) in [6.45, 7) is 10.5. The van der Waals surface area contributed by atoms with Gasteiger partial charge in [-0.25, -0.2) is 0 Å². The van der Waals surface area contributed by atoms with Crippen molar-refractivity contribution < 1.29 is 14.6 Å². The monoisotopic (exact) mass is 332 g/mol. The fourth-order valence-corrected chi connectivity index (χ4v) is 2.35. The van der Waals surface area contributed by atoms with Crippen molar-refractivity contribution in [2.45, 2.75) is 65.3 Å². The van der Waals surface area contributed by atoms with Crippen LogP contribution < -0.4 is 4.74 Å². The van der Waals surface area contributed by atoms with Crippen LogP contribution in [0.25, 0.3) is 0 Å². The first-order valence-corrected chi connectivity index (χ1v) is 8.65. The van der Waals surface area contributed by atoms with Gasteiger partial charge in [0.25, 0.3) is 0 Å². The zero-order valence-electron chi connectivity index (χ0n) is 15.5. The van der Waals surface area contributed by atoms with Crippen LogP contribution in [0.15, 0.2) is 48.1 Å². The molecule has 0 aromatic heterocycles. The van der Waals surface area contributed by atoms with Gasteiger partial charge in [-0.1, -0.05) is 29.4 Å². The van der Waals surface area contributed by atoms with Gasteiger partial charge in [0.15, 0.2) is 0 Å². The number of hydrogen-bond donors (Lipinski definition) is 1. The lowest BCUT2D eigenvalue weighted by molar-refractivity contribution is -0.0334. The number of hydrogen-bond acceptors (Lipinski definition) is 3. The molecule has 0 saturated carbocycles. The molecule has 3 nitrogen and oxygen atoms in total. The lowest BCUT2D eigenvalue weighted by atomic mass is 10.0. The Kier molecular flexibility index (Phi) is 9.43. The summed E-state index contributed by atoms with van der Waals surface area (Å²) >= 11 is 0. The number of benzene rings is 1. The number of ether oxygens (including phenoxy) is 2. The van der Waals surface area contributed by atoms with Crippen molar-refractivity contribution in [3.63, 3.8) is 0 Å². The quantitative estimate of drug-likeness (QED) is 0.577. The third-order valence-corrected chi connectivity index (χ3v) is 4.10. The summed E-state index contributed by atoms with van der Waals surface area (Å²) in [5.41, 5.74) is 3.61. The van der Waals surface area contributed by atoms with Crippen molar-refractivity contribution in [2.24, 2.45) is 0 Å². The van der Waals surface area contributed by atoms with E-state index in [0.717, 1.165) is 30.6 Å². The average molecular weight is 332 g/mol. The average Bonchev–Trinajstić information content (AvgIpc) is 2.57. The van der Waals surface area contributed by atoms with Gasteiger partial charge in [-0.15, -0.1) is 6.58 Å². The molecule has 1 N–H and O–H groups in total. The number of allylic oxidation sites excluding steroid dienone is 2. The van der Waals surface area contributed by atoms with Crippen LogP contribution in [0.5, 0.6) is 5.75 Å². The Morgan fingerprint density at radius 1 is 1.21 bits per heavy atom. The Morgan fingerprint density at radius 2 is 1.88 bits per heavy atom. The van der Waals surface area contributed by atoms with Gasteiger partial charge in [0, 0.05) is 0 Å². The molecule has 0 saturated heterocycles. The van der Waals surface area contributed by atoms with Crippen LogP contribution in [0.3, 0.4) is 0 Å². The van der Waals surface area contributed by atoms with Crippen molar-refractivity contribution in [3.8, 4) is 5.75 Å². The Labute approximate surface area is 147 Å². The Bertz CT molecular complexity index is 516. The van der Waals surface area contributed by atoms with E-state index in [0.29, 0.717) is 13.0 Å². The second-order valence-corrected chi connectivity index (χ2v) is 6.53. The lowest BCUT2D eigenvalue weighted by Gasteiger charge is -2.19. The van der Waals surface area contributed by atoms with E-state index < -0.39 is 6.10 Å². The third-order valence-electron chi connectivity index (χ3n) is 4.10. The molecule has 0 unspecified atom stereocenters. The molecule has 3 heteroatoms. The topological polar surface area (TPSA) is 38.7 Å². The summed E-state index contributed by atoms with van der Waals surface area (Å²) in [5.74, 6) is 0.832. The minimum absolute atomic E-state index is 0.202. The molecule has 1 rings (SSSR count). The standard InChI is InChI=1S/C21H32O3/c1-16(2)7-6-8-17(3)9-14-21(22)18(4)24-15-19-10-12-20(23-5)13-11-19/h9-13,18,21-22H,1,6-8,14-15H2,2-5H3/b17-9-/t18-,21+/m1/s1. The largest absolute Gasteiger partial charge is 0.497 e. The van der Waals surface area contributed by atoms with Gasteiger partial charge < -0.3 is 14.6 Å². The van der Waals surface area contributed by atoms with Crippen molar-refractivity contribution >= 4 is 0 Å². The molecule has 0 amide bonds. The maximum atomic E-state index is 10.2. The highest BCUT2D eigenvalue weighted by Gasteiger charge is 2.13. The SMILES string of the molecule is C=C(C)CCC/C(C)=C\C[C@H](O)[C@@H](C)OCc1ccc(OC)cc1.